The average molecular weight is 298 g/mol. The quantitative estimate of drug-likeness (QED) is 0.758. The standard InChI is InChI=1S/C14H19N3O2.ClH/c1-3-16(4-2)10-11-17-13(14(18)19-15-17)12-8-6-5-7-9-12;/h5-9H,3-4,10-11H2,1-2H3;1H. The molecule has 1 aromatic carbocycles. The largest absolute Gasteiger partial charge is 0.539 e. The molecule has 0 aliphatic carbocycles. The molecular formula is C14H20ClN3O2. The van der Waals surface area contributed by atoms with Crippen LogP contribution in [0, 0.1) is 0 Å². The highest BCUT2D eigenvalue weighted by Crippen LogP contribution is 2.21. The number of hydrogen-bond acceptors (Lipinski definition) is 4. The second-order valence-corrected chi connectivity index (χ2v) is 4.33. The Balaban J connectivity index is 0.00000200. The summed E-state index contributed by atoms with van der Waals surface area (Å²) in [7, 11) is 0. The molecule has 0 atom stereocenters. The molecule has 6 heteroatoms. The molecule has 5 nitrogen and oxygen atoms in total. The van der Waals surface area contributed by atoms with Crippen LogP contribution in [-0.4, -0.2) is 29.8 Å². The van der Waals surface area contributed by atoms with Gasteiger partial charge < -0.3 is 9.63 Å². The predicted octanol–water partition coefficient (Wildman–Crippen LogP) is 1.47. The minimum Gasteiger partial charge on any atom is -0.539 e. The maximum atomic E-state index is 11.8. The predicted molar refractivity (Wildman–Crippen MR) is 76.6 cm³/mol. The van der Waals surface area contributed by atoms with E-state index in [4.69, 9.17) is 4.52 Å². The molecule has 0 saturated heterocycles. The van der Waals surface area contributed by atoms with E-state index in [9.17, 15) is 5.11 Å². The normalized spacial score (nSPS) is 10.6. The maximum Gasteiger partial charge on any atom is 0.264 e. The van der Waals surface area contributed by atoms with Gasteiger partial charge in [-0.15, -0.1) is 12.4 Å². The molecule has 0 fully saturated rings. The highest BCUT2D eigenvalue weighted by Gasteiger charge is 2.19. The van der Waals surface area contributed by atoms with E-state index in [1.165, 1.54) is 0 Å². The fraction of sp³-hybridized carbons (Fsp3) is 0.429. The third kappa shape index (κ3) is 3.71. The number of halogens is 1. The monoisotopic (exact) mass is 297 g/mol. The molecular weight excluding hydrogens is 278 g/mol. The van der Waals surface area contributed by atoms with E-state index in [0.717, 1.165) is 25.2 Å². The summed E-state index contributed by atoms with van der Waals surface area (Å²) in [6.07, 6.45) is 0. The van der Waals surface area contributed by atoms with Crippen molar-refractivity contribution in [2.75, 3.05) is 19.6 Å². The van der Waals surface area contributed by atoms with Crippen LogP contribution in [0.3, 0.4) is 0 Å². The number of benzene rings is 1. The van der Waals surface area contributed by atoms with E-state index >= 15 is 0 Å². The molecule has 0 saturated carbocycles. The molecule has 1 heterocycles. The van der Waals surface area contributed by atoms with Crippen LogP contribution < -0.4 is 9.79 Å². The first kappa shape index (κ1) is 16.5. The smallest absolute Gasteiger partial charge is 0.264 e. The molecule has 0 unspecified atom stereocenters. The van der Waals surface area contributed by atoms with Crippen molar-refractivity contribution < 1.29 is 14.3 Å². The minimum absolute atomic E-state index is 0. The van der Waals surface area contributed by atoms with Crippen LogP contribution in [0.5, 0.6) is 5.95 Å². The number of rotatable bonds is 6. The third-order valence-electron chi connectivity index (χ3n) is 3.24. The second kappa shape index (κ2) is 7.87. The van der Waals surface area contributed by atoms with Gasteiger partial charge in [0.05, 0.1) is 17.4 Å². The lowest BCUT2D eigenvalue weighted by Crippen LogP contribution is -2.43. The lowest BCUT2D eigenvalue weighted by atomic mass is 10.1. The van der Waals surface area contributed by atoms with Gasteiger partial charge in [-0.1, -0.05) is 36.7 Å². The van der Waals surface area contributed by atoms with E-state index in [-0.39, 0.29) is 18.4 Å². The molecule has 0 amide bonds. The Kier molecular flexibility index (Phi) is 6.48. The Hall–Kier alpha value is -1.59. The van der Waals surface area contributed by atoms with Crippen molar-refractivity contribution in [1.82, 2.24) is 10.2 Å². The van der Waals surface area contributed by atoms with Crippen LogP contribution >= 0.6 is 12.4 Å². The van der Waals surface area contributed by atoms with Gasteiger partial charge in [-0.3, -0.25) is 4.90 Å². The van der Waals surface area contributed by atoms with E-state index in [0.29, 0.717) is 12.2 Å². The van der Waals surface area contributed by atoms with Crippen molar-refractivity contribution in [1.29, 1.82) is 0 Å². The van der Waals surface area contributed by atoms with Gasteiger partial charge in [0.2, 0.25) is 0 Å². The van der Waals surface area contributed by atoms with Crippen molar-refractivity contribution >= 4 is 12.4 Å². The first-order valence-electron chi connectivity index (χ1n) is 6.60. The van der Waals surface area contributed by atoms with Gasteiger partial charge in [0, 0.05) is 0 Å². The van der Waals surface area contributed by atoms with Crippen molar-refractivity contribution in [3.8, 4) is 17.2 Å². The zero-order valence-electron chi connectivity index (χ0n) is 11.8. The van der Waals surface area contributed by atoms with Crippen molar-refractivity contribution in [2.24, 2.45) is 0 Å². The highest BCUT2D eigenvalue weighted by molar-refractivity contribution is 5.85. The molecule has 20 heavy (non-hydrogen) atoms. The Morgan fingerprint density at radius 2 is 1.85 bits per heavy atom. The summed E-state index contributed by atoms with van der Waals surface area (Å²) in [6.45, 7) is 7.71. The summed E-state index contributed by atoms with van der Waals surface area (Å²) in [5.41, 5.74) is 1.36. The first-order chi connectivity index (χ1) is 9.26. The molecule has 0 spiro atoms. The van der Waals surface area contributed by atoms with Crippen LogP contribution in [0.1, 0.15) is 13.8 Å². The van der Waals surface area contributed by atoms with E-state index in [2.05, 4.69) is 24.0 Å². The minimum atomic E-state index is -0.384. The van der Waals surface area contributed by atoms with Gasteiger partial charge in [-0.25, -0.2) is 0 Å². The fourth-order valence-electron chi connectivity index (χ4n) is 2.07. The third-order valence-corrected chi connectivity index (χ3v) is 3.24. The van der Waals surface area contributed by atoms with Crippen LogP contribution in [0.2, 0.25) is 0 Å². The molecule has 0 aliphatic heterocycles. The zero-order chi connectivity index (χ0) is 13.7. The van der Waals surface area contributed by atoms with Crippen molar-refractivity contribution in [2.45, 2.75) is 20.4 Å². The Morgan fingerprint density at radius 1 is 1.20 bits per heavy atom. The Bertz CT molecular complexity index is 512. The van der Waals surface area contributed by atoms with E-state index < -0.39 is 0 Å². The highest BCUT2D eigenvalue weighted by atomic mass is 35.5. The molecule has 110 valence electrons. The van der Waals surface area contributed by atoms with Gasteiger partial charge >= 0.3 is 0 Å². The zero-order valence-corrected chi connectivity index (χ0v) is 12.6. The topological polar surface area (TPSA) is 56.2 Å². The molecule has 2 rings (SSSR count). The average Bonchev–Trinajstić information content (AvgIpc) is 2.82. The maximum absolute atomic E-state index is 11.8. The lowest BCUT2D eigenvalue weighted by Gasteiger charge is -2.14. The fourth-order valence-corrected chi connectivity index (χ4v) is 2.07. The number of hydrogen-bond donors (Lipinski definition) is 0. The van der Waals surface area contributed by atoms with Crippen LogP contribution in [0.25, 0.3) is 11.3 Å². The Morgan fingerprint density at radius 3 is 2.45 bits per heavy atom. The van der Waals surface area contributed by atoms with E-state index in [1.807, 2.05) is 30.3 Å². The van der Waals surface area contributed by atoms with Crippen LogP contribution in [0.4, 0.5) is 0 Å². The summed E-state index contributed by atoms with van der Waals surface area (Å²) in [5.74, 6) is -0.384. The van der Waals surface area contributed by atoms with Crippen molar-refractivity contribution in [3.05, 3.63) is 30.3 Å². The van der Waals surface area contributed by atoms with Gasteiger partial charge in [-0.05, 0) is 25.2 Å². The summed E-state index contributed by atoms with van der Waals surface area (Å²) in [6, 6.07) is 9.50. The van der Waals surface area contributed by atoms with Crippen LogP contribution in [-0.2, 0) is 6.54 Å². The second-order valence-electron chi connectivity index (χ2n) is 4.33. The summed E-state index contributed by atoms with van der Waals surface area (Å²) < 4.78 is 6.44. The summed E-state index contributed by atoms with van der Waals surface area (Å²) in [5, 5.41) is 15.6. The van der Waals surface area contributed by atoms with Gasteiger partial charge in [0.1, 0.15) is 0 Å². The Labute approximate surface area is 125 Å². The van der Waals surface area contributed by atoms with E-state index in [1.54, 1.807) is 4.68 Å². The molecule has 0 bridgehead atoms. The summed E-state index contributed by atoms with van der Waals surface area (Å²) in [4.78, 5) is 2.28. The van der Waals surface area contributed by atoms with Gasteiger partial charge in [0.25, 0.3) is 5.69 Å². The number of aromatic nitrogens is 2. The molecule has 0 N–H and O–H groups in total. The summed E-state index contributed by atoms with van der Waals surface area (Å²) >= 11 is 0. The lowest BCUT2D eigenvalue weighted by molar-refractivity contribution is -0.752. The first-order valence-corrected chi connectivity index (χ1v) is 6.60. The SMILES string of the molecule is CCN(CC)CC[n+]1noc([O-])c1-c1ccccc1.Cl. The van der Waals surface area contributed by atoms with Gasteiger partial charge in [-0.2, -0.15) is 0 Å². The molecule has 1 aromatic heterocycles. The number of nitrogens with zero attached hydrogens (tertiary/aromatic N) is 3. The molecule has 2 aromatic rings. The van der Waals surface area contributed by atoms with Crippen molar-refractivity contribution in [3.63, 3.8) is 0 Å². The number of likely N-dealkylation sites (N-methyl/N-ethyl adjacent to an activating group) is 1. The van der Waals surface area contributed by atoms with Crippen LogP contribution in [0.15, 0.2) is 34.9 Å². The van der Waals surface area contributed by atoms with Gasteiger partial charge in [0.15, 0.2) is 12.5 Å². The molecule has 0 aliphatic rings. The molecule has 0 radical (unpaired) electrons.